The second-order valence-corrected chi connectivity index (χ2v) is 5.19. The van der Waals surface area contributed by atoms with Gasteiger partial charge in [0.15, 0.2) is 0 Å². The van der Waals surface area contributed by atoms with Gasteiger partial charge in [-0.1, -0.05) is 18.2 Å². The van der Waals surface area contributed by atoms with Crippen molar-refractivity contribution in [3.05, 3.63) is 53.7 Å². The van der Waals surface area contributed by atoms with Gasteiger partial charge in [-0.15, -0.1) is 0 Å². The standard InChI is InChI=1S/C16H20N4O/c1-11(2)20(10-13-5-3-4-6-14(13)17)15-8-7-12(9-19-15)16(18)21/h3-9,11H,10,17H2,1-2H3,(H2,18,21). The Kier molecular flexibility index (Phi) is 4.42. The fraction of sp³-hybridized carbons (Fsp3) is 0.250. The van der Waals surface area contributed by atoms with E-state index in [0.717, 1.165) is 17.1 Å². The molecular weight excluding hydrogens is 264 g/mol. The first-order valence-corrected chi connectivity index (χ1v) is 6.85. The van der Waals surface area contributed by atoms with E-state index in [-0.39, 0.29) is 6.04 Å². The maximum atomic E-state index is 11.1. The quantitative estimate of drug-likeness (QED) is 0.824. The molecule has 0 atom stereocenters. The molecule has 1 amide bonds. The van der Waals surface area contributed by atoms with Crippen LogP contribution in [-0.4, -0.2) is 16.9 Å². The normalized spacial score (nSPS) is 10.6. The van der Waals surface area contributed by atoms with Crippen LogP contribution >= 0.6 is 0 Å². The van der Waals surface area contributed by atoms with Crippen LogP contribution in [0.15, 0.2) is 42.6 Å². The van der Waals surface area contributed by atoms with Gasteiger partial charge in [-0.25, -0.2) is 4.98 Å². The molecule has 0 saturated heterocycles. The number of benzene rings is 1. The molecule has 5 heteroatoms. The van der Waals surface area contributed by atoms with E-state index in [2.05, 4.69) is 23.7 Å². The number of carbonyl (C=O) groups is 1. The number of anilines is 2. The van der Waals surface area contributed by atoms with Gasteiger partial charge in [0.1, 0.15) is 5.82 Å². The number of aromatic nitrogens is 1. The van der Waals surface area contributed by atoms with Crippen LogP contribution in [0, 0.1) is 0 Å². The molecule has 1 aromatic heterocycles. The van der Waals surface area contributed by atoms with Crippen LogP contribution in [0.3, 0.4) is 0 Å². The maximum Gasteiger partial charge on any atom is 0.250 e. The summed E-state index contributed by atoms with van der Waals surface area (Å²) in [7, 11) is 0. The summed E-state index contributed by atoms with van der Waals surface area (Å²) in [4.78, 5) is 17.6. The van der Waals surface area contributed by atoms with Crippen LogP contribution in [0.4, 0.5) is 11.5 Å². The number of hydrogen-bond acceptors (Lipinski definition) is 4. The minimum atomic E-state index is -0.475. The van der Waals surface area contributed by atoms with Crippen molar-refractivity contribution in [2.45, 2.75) is 26.4 Å². The van der Waals surface area contributed by atoms with E-state index in [9.17, 15) is 4.79 Å². The van der Waals surface area contributed by atoms with Crippen molar-refractivity contribution in [1.29, 1.82) is 0 Å². The third-order valence-electron chi connectivity index (χ3n) is 3.35. The van der Waals surface area contributed by atoms with Crippen molar-refractivity contribution in [3.63, 3.8) is 0 Å². The average molecular weight is 284 g/mol. The Hall–Kier alpha value is -2.56. The maximum absolute atomic E-state index is 11.1. The summed E-state index contributed by atoms with van der Waals surface area (Å²) in [6.45, 7) is 4.83. The second-order valence-electron chi connectivity index (χ2n) is 5.19. The van der Waals surface area contributed by atoms with Crippen LogP contribution < -0.4 is 16.4 Å². The predicted octanol–water partition coefficient (Wildman–Crippen LogP) is 2.18. The number of hydrogen-bond donors (Lipinski definition) is 2. The molecular formula is C16H20N4O. The first kappa shape index (κ1) is 14.8. The number of nitrogens with two attached hydrogens (primary N) is 2. The molecule has 2 aromatic rings. The molecule has 0 aliphatic rings. The van der Waals surface area contributed by atoms with E-state index in [0.29, 0.717) is 12.1 Å². The van der Waals surface area contributed by atoms with Crippen LogP contribution in [-0.2, 0) is 6.54 Å². The lowest BCUT2D eigenvalue weighted by Gasteiger charge is -2.28. The highest BCUT2D eigenvalue weighted by molar-refractivity contribution is 5.92. The van der Waals surface area contributed by atoms with Crippen LogP contribution in [0.5, 0.6) is 0 Å². The van der Waals surface area contributed by atoms with Gasteiger partial charge in [-0.05, 0) is 37.6 Å². The van der Waals surface area contributed by atoms with Gasteiger partial charge < -0.3 is 16.4 Å². The Labute approximate surface area is 124 Å². The highest BCUT2D eigenvalue weighted by Gasteiger charge is 2.14. The Bertz CT molecular complexity index is 622. The zero-order chi connectivity index (χ0) is 15.4. The van der Waals surface area contributed by atoms with Gasteiger partial charge >= 0.3 is 0 Å². The van der Waals surface area contributed by atoms with Gasteiger partial charge in [0.05, 0.1) is 5.56 Å². The summed E-state index contributed by atoms with van der Waals surface area (Å²) >= 11 is 0. The van der Waals surface area contributed by atoms with Crippen molar-refractivity contribution >= 4 is 17.4 Å². The number of primary amides is 1. The first-order chi connectivity index (χ1) is 9.99. The minimum absolute atomic E-state index is 0.247. The van der Waals surface area contributed by atoms with Crippen LogP contribution in [0.1, 0.15) is 29.8 Å². The molecule has 21 heavy (non-hydrogen) atoms. The first-order valence-electron chi connectivity index (χ1n) is 6.85. The molecule has 0 aliphatic heterocycles. The topological polar surface area (TPSA) is 85.2 Å². The predicted molar refractivity (Wildman–Crippen MR) is 84.9 cm³/mol. The molecule has 5 nitrogen and oxygen atoms in total. The molecule has 0 fully saturated rings. The highest BCUT2D eigenvalue weighted by atomic mass is 16.1. The van der Waals surface area contributed by atoms with Crippen molar-refractivity contribution in [1.82, 2.24) is 4.98 Å². The van der Waals surface area contributed by atoms with Gasteiger partial charge in [-0.2, -0.15) is 0 Å². The van der Waals surface area contributed by atoms with Crippen molar-refractivity contribution in [2.24, 2.45) is 5.73 Å². The lowest BCUT2D eigenvalue weighted by molar-refractivity contribution is 0.1000. The van der Waals surface area contributed by atoms with Gasteiger partial charge in [0.25, 0.3) is 0 Å². The highest BCUT2D eigenvalue weighted by Crippen LogP contribution is 2.20. The number of carbonyl (C=O) groups excluding carboxylic acids is 1. The molecule has 0 unspecified atom stereocenters. The number of rotatable bonds is 5. The molecule has 1 aromatic carbocycles. The van der Waals surface area contributed by atoms with Crippen molar-refractivity contribution < 1.29 is 4.79 Å². The average Bonchev–Trinajstić information content (AvgIpc) is 2.46. The molecule has 0 aliphatic carbocycles. The minimum Gasteiger partial charge on any atom is -0.398 e. The lowest BCUT2D eigenvalue weighted by atomic mass is 10.1. The van der Waals surface area contributed by atoms with Crippen molar-refractivity contribution in [2.75, 3.05) is 10.6 Å². The fourth-order valence-corrected chi connectivity index (χ4v) is 2.09. The summed E-state index contributed by atoms with van der Waals surface area (Å²) in [5.74, 6) is 0.315. The Morgan fingerprint density at radius 1 is 1.24 bits per heavy atom. The number of para-hydroxylation sites is 1. The van der Waals surface area contributed by atoms with Crippen LogP contribution in [0.25, 0.3) is 0 Å². The molecule has 4 N–H and O–H groups in total. The zero-order valence-electron chi connectivity index (χ0n) is 12.3. The van der Waals surface area contributed by atoms with Gasteiger partial charge in [0.2, 0.25) is 5.91 Å². The summed E-state index contributed by atoms with van der Waals surface area (Å²) in [6.07, 6.45) is 1.50. The fourth-order valence-electron chi connectivity index (χ4n) is 2.09. The van der Waals surface area contributed by atoms with E-state index in [1.807, 2.05) is 24.3 Å². The Balaban J connectivity index is 2.27. The molecule has 2 rings (SSSR count). The third kappa shape index (κ3) is 3.51. The second kappa shape index (κ2) is 6.26. The summed E-state index contributed by atoms with van der Waals surface area (Å²) in [5.41, 5.74) is 13.5. The smallest absolute Gasteiger partial charge is 0.250 e. The monoisotopic (exact) mass is 284 g/mol. The zero-order valence-corrected chi connectivity index (χ0v) is 12.3. The Morgan fingerprint density at radius 3 is 2.48 bits per heavy atom. The van der Waals surface area contributed by atoms with Crippen molar-refractivity contribution in [3.8, 4) is 0 Å². The van der Waals surface area contributed by atoms with E-state index in [1.54, 1.807) is 12.1 Å². The number of nitrogen functional groups attached to an aromatic ring is 1. The molecule has 0 saturated carbocycles. The summed E-state index contributed by atoms with van der Waals surface area (Å²) in [5, 5.41) is 0. The molecule has 110 valence electrons. The molecule has 0 bridgehead atoms. The lowest BCUT2D eigenvalue weighted by Crippen LogP contribution is -2.31. The Morgan fingerprint density at radius 2 is 1.95 bits per heavy atom. The summed E-state index contributed by atoms with van der Waals surface area (Å²) < 4.78 is 0. The largest absolute Gasteiger partial charge is 0.398 e. The van der Waals surface area contributed by atoms with E-state index in [1.165, 1.54) is 6.20 Å². The third-order valence-corrected chi connectivity index (χ3v) is 3.35. The van der Waals surface area contributed by atoms with Gasteiger partial charge in [0, 0.05) is 24.5 Å². The molecule has 0 radical (unpaired) electrons. The molecule has 1 heterocycles. The number of amides is 1. The van der Waals surface area contributed by atoms with E-state index >= 15 is 0 Å². The summed E-state index contributed by atoms with van der Waals surface area (Å²) in [6, 6.07) is 11.5. The number of pyridine rings is 1. The SMILES string of the molecule is CC(C)N(Cc1ccccc1N)c1ccc(C(N)=O)cn1. The van der Waals surface area contributed by atoms with Gasteiger partial charge in [-0.3, -0.25) is 4.79 Å². The van der Waals surface area contributed by atoms with E-state index in [4.69, 9.17) is 11.5 Å². The number of nitrogens with zero attached hydrogens (tertiary/aromatic N) is 2. The molecule has 0 spiro atoms. The van der Waals surface area contributed by atoms with Crippen LogP contribution in [0.2, 0.25) is 0 Å². The van der Waals surface area contributed by atoms with E-state index < -0.39 is 5.91 Å².